The van der Waals surface area contributed by atoms with E-state index in [-0.39, 0.29) is 0 Å². The highest BCUT2D eigenvalue weighted by Gasteiger charge is 2.14. The third kappa shape index (κ3) is 1.77. The standard InChI is InChI=1S/C11H17N3/c1-8-9-4-2-3-5-10(9)14-11(13-8)6-7-12/h2-7,12H2,1H3. The Labute approximate surface area is 84.8 Å². The Morgan fingerprint density at radius 2 is 2.00 bits per heavy atom. The monoisotopic (exact) mass is 191 g/mol. The lowest BCUT2D eigenvalue weighted by Gasteiger charge is -2.17. The van der Waals surface area contributed by atoms with Crippen LogP contribution in [0.15, 0.2) is 0 Å². The summed E-state index contributed by atoms with van der Waals surface area (Å²) >= 11 is 0. The van der Waals surface area contributed by atoms with Gasteiger partial charge in [0, 0.05) is 17.8 Å². The molecule has 3 nitrogen and oxygen atoms in total. The SMILES string of the molecule is Cc1nc(CCN)nc2c1CCCC2. The van der Waals surface area contributed by atoms with E-state index in [1.807, 2.05) is 0 Å². The number of rotatable bonds is 2. The molecule has 0 radical (unpaired) electrons. The Balaban J connectivity index is 2.36. The molecule has 1 aliphatic carbocycles. The van der Waals surface area contributed by atoms with Crippen molar-refractivity contribution in [3.8, 4) is 0 Å². The predicted molar refractivity (Wildman–Crippen MR) is 56.2 cm³/mol. The maximum atomic E-state index is 5.51. The second kappa shape index (κ2) is 4.05. The van der Waals surface area contributed by atoms with Gasteiger partial charge < -0.3 is 5.73 Å². The molecule has 0 saturated heterocycles. The Morgan fingerprint density at radius 3 is 2.79 bits per heavy atom. The lowest BCUT2D eigenvalue weighted by atomic mass is 9.95. The van der Waals surface area contributed by atoms with Crippen LogP contribution in [0.1, 0.15) is 35.6 Å². The quantitative estimate of drug-likeness (QED) is 0.763. The van der Waals surface area contributed by atoms with E-state index in [0.29, 0.717) is 6.54 Å². The van der Waals surface area contributed by atoms with Gasteiger partial charge in [-0.3, -0.25) is 0 Å². The molecule has 2 rings (SSSR count). The number of aryl methyl sites for hydroxylation is 2. The second-order valence-electron chi connectivity index (χ2n) is 3.90. The molecule has 1 aromatic heterocycles. The second-order valence-corrected chi connectivity index (χ2v) is 3.90. The molecule has 3 heteroatoms. The van der Waals surface area contributed by atoms with Crippen LogP contribution in [0.2, 0.25) is 0 Å². The van der Waals surface area contributed by atoms with Gasteiger partial charge in [0.15, 0.2) is 0 Å². The molecule has 76 valence electrons. The molecule has 1 aliphatic rings. The molecule has 0 aromatic carbocycles. The van der Waals surface area contributed by atoms with E-state index in [0.717, 1.165) is 30.8 Å². The fourth-order valence-electron chi connectivity index (χ4n) is 2.09. The summed E-state index contributed by atoms with van der Waals surface area (Å²) in [5, 5.41) is 0. The van der Waals surface area contributed by atoms with Crippen molar-refractivity contribution in [1.29, 1.82) is 0 Å². The smallest absolute Gasteiger partial charge is 0.130 e. The maximum absolute atomic E-state index is 5.51. The molecule has 2 N–H and O–H groups in total. The highest BCUT2D eigenvalue weighted by atomic mass is 14.9. The molecule has 14 heavy (non-hydrogen) atoms. The van der Waals surface area contributed by atoms with Crippen molar-refractivity contribution < 1.29 is 0 Å². The summed E-state index contributed by atoms with van der Waals surface area (Å²) in [6.45, 7) is 2.73. The number of hydrogen-bond donors (Lipinski definition) is 1. The molecular weight excluding hydrogens is 174 g/mol. The molecular formula is C11H17N3. The summed E-state index contributed by atoms with van der Waals surface area (Å²) < 4.78 is 0. The minimum Gasteiger partial charge on any atom is -0.330 e. The zero-order chi connectivity index (χ0) is 9.97. The van der Waals surface area contributed by atoms with Crippen LogP contribution < -0.4 is 5.73 Å². The molecule has 0 fully saturated rings. The van der Waals surface area contributed by atoms with Gasteiger partial charge >= 0.3 is 0 Å². The van der Waals surface area contributed by atoms with E-state index in [2.05, 4.69) is 16.9 Å². The first-order chi connectivity index (χ1) is 6.81. The first kappa shape index (κ1) is 9.59. The Kier molecular flexibility index (Phi) is 2.77. The van der Waals surface area contributed by atoms with Gasteiger partial charge in [-0.25, -0.2) is 9.97 Å². The van der Waals surface area contributed by atoms with E-state index in [1.54, 1.807) is 0 Å². The predicted octanol–water partition coefficient (Wildman–Crippen LogP) is 1.17. The lowest BCUT2D eigenvalue weighted by Crippen LogP contribution is -2.14. The first-order valence-corrected chi connectivity index (χ1v) is 5.36. The van der Waals surface area contributed by atoms with Crippen molar-refractivity contribution in [2.45, 2.75) is 39.0 Å². The van der Waals surface area contributed by atoms with Gasteiger partial charge in [0.1, 0.15) is 5.82 Å². The molecule has 0 unspecified atom stereocenters. The highest BCUT2D eigenvalue weighted by Crippen LogP contribution is 2.21. The van der Waals surface area contributed by atoms with Crippen molar-refractivity contribution in [1.82, 2.24) is 9.97 Å². The molecule has 1 aromatic rings. The lowest BCUT2D eigenvalue weighted by molar-refractivity contribution is 0.646. The number of fused-ring (bicyclic) bond motifs is 1. The summed E-state index contributed by atoms with van der Waals surface area (Å²) in [4.78, 5) is 9.06. The van der Waals surface area contributed by atoms with Crippen molar-refractivity contribution in [3.63, 3.8) is 0 Å². The molecule has 1 heterocycles. The molecule has 0 atom stereocenters. The number of aromatic nitrogens is 2. The van der Waals surface area contributed by atoms with Crippen LogP contribution in [-0.4, -0.2) is 16.5 Å². The van der Waals surface area contributed by atoms with Gasteiger partial charge in [-0.1, -0.05) is 0 Å². The number of nitrogens with two attached hydrogens (primary N) is 1. The summed E-state index contributed by atoms with van der Waals surface area (Å²) in [6.07, 6.45) is 5.63. The van der Waals surface area contributed by atoms with E-state index < -0.39 is 0 Å². The maximum Gasteiger partial charge on any atom is 0.130 e. The summed E-state index contributed by atoms with van der Waals surface area (Å²) in [5.41, 5.74) is 9.33. The molecule has 0 bridgehead atoms. The average molecular weight is 191 g/mol. The van der Waals surface area contributed by atoms with Crippen LogP contribution in [0, 0.1) is 6.92 Å². The zero-order valence-electron chi connectivity index (χ0n) is 8.71. The topological polar surface area (TPSA) is 51.8 Å². The van der Waals surface area contributed by atoms with Crippen molar-refractivity contribution >= 4 is 0 Å². The van der Waals surface area contributed by atoms with Crippen LogP contribution in [0.4, 0.5) is 0 Å². The molecule has 0 spiro atoms. The number of hydrogen-bond acceptors (Lipinski definition) is 3. The fraction of sp³-hybridized carbons (Fsp3) is 0.636. The molecule has 0 saturated carbocycles. The highest BCUT2D eigenvalue weighted by molar-refractivity contribution is 5.27. The molecule has 0 amide bonds. The van der Waals surface area contributed by atoms with E-state index in [1.165, 1.54) is 24.1 Å². The normalized spacial score (nSPS) is 15.3. The molecule has 0 aliphatic heterocycles. The van der Waals surface area contributed by atoms with Crippen LogP contribution >= 0.6 is 0 Å². The zero-order valence-corrected chi connectivity index (χ0v) is 8.71. The van der Waals surface area contributed by atoms with Gasteiger partial charge in [0.2, 0.25) is 0 Å². The van der Waals surface area contributed by atoms with Gasteiger partial charge in [0.05, 0.1) is 0 Å². The summed E-state index contributed by atoms with van der Waals surface area (Å²) in [6, 6.07) is 0. The third-order valence-electron chi connectivity index (χ3n) is 2.80. The fourth-order valence-corrected chi connectivity index (χ4v) is 2.09. The minimum atomic E-state index is 0.637. The van der Waals surface area contributed by atoms with Gasteiger partial charge in [0.25, 0.3) is 0 Å². The minimum absolute atomic E-state index is 0.637. The van der Waals surface area contributed by atoms with Crippen molar-refractivity contribution in [2.24, 2.45) is 5.73 Å². The number of nitrogens with zero attached hydrogens (tertiary/aromatic N) is 2. The van der Waals surface area contributed by atoms with E-state index >= 15 is 0 Å². The van der Waals surface area contributed by atoms with Crippen LogP contribution in [0.25, 0.3) is 0 Å². The van der Waals surface area contributed by atoms with Crippen LogP contribution in [0.5, 0.6) is 0 Å². The van der Waals surface area contributed by atoms with Crippen molar-refractivity contribution in [3.05, 3.63) is 22.8 Å². The van der Waals surface area contributed by atoms with Gasteiger partial charge in [-0.15, -0.1) is 0 Å². The first-order valence-electron chi connectivity index (χ1n) is 5.36. The largest absolute Gasteiger partial charge is 0.330 e. The van der Waals surface area contributed by atoms with Gasteiger partial charge in [-0.05, 0) is 44.7 Å². The Bertz CT molecular complexity index is 334. The van der Waals surface area contributed by atoms with Crippen molar-refractivity contribution in [2.75, 3.05) is 6.54 Å². The van der Waals surface area contributed by atoms with Crippen LogP contribution in [0.3, 0.4) is 0 Å². The summed E-state index contributed by atoms with van der Waals surface area (Å²) in [5.74, 6) is 0.922. The third-order valence-corrected chi connectivity index (χ3v) is 2.80. The Hall–Kier alpha value is -0.960. The van der Waals surface area contributed by atoms with Gasteiger partial charge in [-0.2, -0.15) is 0 Å². The van der Waals surface area contributed by atoms with E-state index in [9.17, 15) is 0 Å². The van der Waals surface area contributed by atoms with Crippen LogP contribution in [-0.2, 0) is 19.3 Å². The summed E-state index contributed by atoms with van der Waals surface area (Å²) in [7, 11) is 0. The van der Waals surface area contributed by atoms with E-state index in [4.69, 9.17) is 5.73 Å². The average Bonchev–Trinajstić information content (AvgIpc) is 2.18. The Morgan fingerprint density at radius 1 is 1.21 bits per heavy atom.